The van der Waals surface area contributed by atoms with Crippen LogP contribution in [0.5, 0.6) is 5.75 Å². The van der Waals surface area contributed by atoms with Gasteiger partial charge in [-0.15, -0.1) is 0 Å². The molecule has 0 heterocycles. The van der Waals surface area contributed by atoms with Crippen molar-refractivity contribution < 1.29 is 9.53 Å². The predicted octanol–water partition coefficient (Wildman–Crippen LogP) is 5.09. The molecule has 1 rings (SSSR count). The van der Waals surface area contributed by atoms with E-state index in [0.29, 0.717) is 11.3 Å². The molecule has 0 amide bonds. The molecular formula is C19H26O2. The Morgan fingerprint density at radius 1 is 1.29 bits per heavy atom. The zero-order valence-corrected chi connectivity index (χ0v) is 13.8. The summed E-state index contributed by atoms with van der Waals surface area (Å²) in [5, 5.41) is 0. The molecule has 0 saturated heterocycles. The van der Waals surface area contributed by atoms with Gasteiger partial charge in [-0.25, -0.2) is 4.79 Å². The fourth-order valence-electron chi connectivity index (χ4n) is 2.02. The van der Waals surface area contributed by atoms with E-state index in [1.54, 1.807) is 12.2 Å². The maximum atomic E-state index is 12.0. The molecule has 2 heteroatoms. The molecule has 0 fully saturated rings. The summed E-state index contributed by atoms with van der Waals surface area (Å²) in [6.45, 7) is 10.4. The predicted molar refractivity (Wildman–Crippen MR) is 88.4 cm³/mol. The van der Waals surface area contributed by atoms with Crippen molar-refractivity contribution in [2.45, 2.75) is 47.5 Å². The third-order valence-corrected chi connectivity index (χ3v) is 3.64. The van der Waals surface area contributed by atoms with Crippen LogP contribution in [0.25, 0.3) is 0 Å². The molecule has 0 saturated carbocycles. The second-order valence-corrected chi connectivity index (χ2v) is 5.98. The third kappa shape index (κ3) is 5.58. The Bertz CT molecular complexity index is 536. The van der Waals surface area contributed by atoms with Gasteiger partial charge in [0, 0.05) is 0 Å². The molecule has 1 aromatic rings. The van der Waals surface area contributed by atoms with Crippen molar-refractivity contribution in [3.05, 3.63) is 53.6 Å². The zero-order chi connectivity index (χ0) is 15.9. The number of benzene rings is 1. The molecule has 1 aromatic carbocycles. The smallest absolute Gasteiger partial charge is 0.343 e. The molecule has 0 aliphatic carbocycles. The lowest BCUT2D eigenvalue weighted by Gasteiger charge is -2.22. The summed E-state index contributed by atoms with van der Waals surface area (Å²) < 4.78 is 5.45. The molecule has 0 aliphatic heterocycles. The van der Waals surface area contributed by atoms with Crippen molar-refractivity contribution in [3.63, 3.8) is 0 Å². The molecular weight excluding hydrogens is 260 g/mol. The van der Waals surface area contributed by atoms with Crippen molar-refractivity contribution >= 4 is 5.97 Å². The monoisotopic (exact) mass is 286 g/mol. The van der Waals surface area contributed by atoms with Crippen molar-refractivity contribution in [3.8, 4) is 5.75 Å². The van der Waals surface area contributed by atoms with Crippen molar-refractivity contribution in [1.29, 1.82) is 0 Å². The highest BCUT2D eigenvalue weighted by molar-refractivity contribution is 5.92. The fourth-order valence-corrected chi connectivity index (χ4v) is 2.02. The number of hydrogen-bond donors (Lipinski definition) is 0. The average Bonchev–Trinajstić information content (AvgIpc) is 2.44. The fraction of sp³-hybridized carbons (Fsp3) is 0.421. The van der Waals surface area contributed by atoms with Crippen molar-refractivity contribution in [2.75, 3.05) is 0 Å². The Balaban J connectivity index is 2.84. The van der Waals surface area contributed by atoms with E-state index in [1.807, 2.05) is 38.1 Å². The first-order chi connectivity index (χ1) is 9.91. The SMILES string of the molecule is C/C=C\C(=C/C)C(=O)Oc1cccc(CC(C)(C)CC)c1. The molecule has 0 radical (unpaired) electrons. The number of allylic oxidation sites excluding steroid dienone is 2. The van der Waals surface area contributed by atoms with E-state index in [4.69, 9.17) is 4.74 Å². The normalized spacial score (nSPS) is 12.7. The summed E-state index contributed by atoms with van der Waals surface area (Å²) in [5.74, 6) is 0.288. The van der Waals surface area contributed by atoms with Gasteiger partial charge in [0.1, 0.15) is 5.75 Å². The summed E-state index contributed by atoms with van der Waals surface area (Å²) >= 11 is 0. The summed E-state index contributed by atoms with van der Waals surface area (Å²) in [6, 6.07) is 7.80. The van der Waals surface area contributed by atoms with Crippen LogP contribution in [0.4, 0.5) is 0 Å². The van der Waals surface area contributed by atoms with Gasteiger partial charge in [0.25, 0.3) is 0 Å². The molecule has 0 unspecified atom stereocenters. The van der Waals surface area contributed by atoms with E-state index >= 15 is 0 Å². The van der Waals surface area contributed by atoms with E-state index < -0.39 is 0 Å². The maximum Gasteiger partial charge on any atom is 0.343 e. The molecule has 0 spiro atoms. The molecule has 0 atom stereocenters. The average molecular weight is 286 g/mol. The van der Waals surface area contributed by atoms with Gasteiger partial charge in [-0.1, -0.05) is 57.6 Å². The summed E-state index contributed by atoms with van der Waals surface area (Å²) in [7, 11) is 0. The number of carbonyl (C=O) groups is 1. The molecule has 0 N–H and O–H groups in total. The number of hydrogen-bond acceptors (Lipinski definition) is 2. The Hall–Kier alpha value is -1.83. The highest BCUT2D eigenvalue weighted by Gasteiger charge is 2.16. The summed E-state index contributed by atoms with van der Waals surface area (Å²) in [5.41, 5.74) is 2.01. The van der Waals surface area contributed by atoms with E-state index in [0.717, 1.165) is 12.8 Å². The van der Waals surface area contributed by atoms with E-state index in [9.17, 15) is 4.79 Å². The highest BCUT2D eigenvalue weighted by atomic mass is 16.5. The minimum atomic E-state index is -0.317. The molecule has 0 aliphatic rings. The molecule has 0 bridgehead atoms. The molecule has 0 aromatic heterocycles. The lowest BCUT2D eigenvalue weighted by atomic mass is 9.83. The minimum Gasteiger partial charge on any atom is -0.423 e. The van der Waals surface area contributed by atoms with Crippen molar-refractivity contribution in [2.24, 2.45) is 5.41 Å². The third-order valence-electron chi connectivity index (χ3n) is 3.64. The second-order valence-electron chi connectivity index (χ2n) is 5.98. The largest absolute Gasteiger partial charge is 0.423 e. The Labute approximate surface area is 128 Å². The van der Waals surface area contributed by atoms with Crippen LogP contribution < -0.4 is 4.74 Å². The van der Waals surface area contributed by atoms with Crippen LogP contribution in [0.3, 0.4) is 0 Å². The zero-order valence-electron chi connectivity index (χ0n) is 13.8. The first-order valence-corrected chi connectivity index (χ1v) is 7.52. The molecule has 2 nitrogen and oxygen atoms in total. The number of rotatable bonds is 6. The van der Waals surface area contributed by atoms with Crippen LogP contribution in [0.15, 0.2) is 48.1 Å². The summed E-state index contributed by atoms with van der Waals surface area (Å²) in [4.78, 5) is 12.0. The Morgan fingerprint density at radius 2 is 2.00 bits per heavy atom. The first kappa shape index (κ1) is 17.2. The molecule has 114 valence electrons. The van der Waals surface area contributed by atoms with Crippen LogP contribution in [-0.2, 0) is 11.2 Å². The van der Waals surface area contributed by atoms with Gasteiger partial charge in [-0.2, -0.15) is 0 Å². The van der Waals surface area contributed by atoms with Crippen LogP contribution in [0.2, 0.25) is 0 Å². The maximum absolute atomic E-state index is 12.0. The second kappa shape index (κ2) is 7.82. The quantitative estimate of drug-likeness (QED) is 0.315. The lowest BCUT2D eigenvalue weighted by Crippen LogP contribution is -2.14. The van der Waals surface area contributed by atoms with Gasteiger partial charge < -0.3 is 4.74 Å². The van der Waals surface area contributed by atoms with Crippen molar-refractivity contribution in [1.82, 2.24) is 0 Å². The minimum absolute atomic E-state index is 0.252. The van der Waals surface area contributed by atoms with Gasteiger partial charge in [0.15, 0.2) is 0 Å². The van der Waals surface area contributed by atoms with Gasteiger partial charge in [0.05, 0.1) is 5.57 Å². The van der Waals surface area contributed by atoms with Gasteiger partial charge in [0.2, 0.25) is 0 Å². The van der Waals surface area contributed by atoms with E-state index in [-0.39, 0.29) is 11.4 Å². The van der Waals surface area contributed by atoms with Crippen LogP contribution in [0, 0.1) is 5.41 Å². The number of ether oxygens (including phenoxy) is 1. The van der Waals surface area contributed by atoms with E-state index in [2.05, 4.69) is 26.8 Å². The Morgan fingerprint density at radius 3 is 2.57 bits per heavy atom. The Kier molecular flexibility index (Phi) is 6.41. The first-order valence-electron chi connectivity index (χ1n) is 7.52. The molecule has 21 heavy (non-hydrogen) atoms. The number of carbonyl (C=O) groups excluding carboxylic acids is 1. The highest BCUT2D eigenvalue weighted by Crippen LogP contribution is 2.27. The van der Waals surface area contributed by atoms with Gasteiger partial charge in [-0.3, -0.25) is 0 Å². The van der Waals surface area contributed by atoms with E-state index in [1.165, 1.54) is 5.56 Å². The summed E-state index contributed by atoms with van der Waals surface area (Å²) in [6.07, 6.45) is 7.43. The van der Waals surface area contributed by atoms with Gasteiger partial charge in [-0.05, 0) is 43.4 Å². The van der Waals surface area contributed by atoms with Crippen LogP contribution in [-0.4, -0.2) is 5.97 Å². The van der Waals surface area contributed by atoms with Crippen LogP contribution >= 0.6 is 0 Å². The van der Waals surface area contributed by atoms with Gasteiger partial charge >= 0.3 is 5.97 Å². The topological polar surface area (TPSA) is 26.3 Å². The standard InChI is InChI=1S/C19H26O2/c1-6-10-16(7-2)18(20)21-17-12-9-11-15(13-17)14-19(4,5)8-3/h6-7,9-13H,8,14H2,1-5H3/b10-6-,16-7+. The van der Waals surface area contributed by atoms with Crippen LogP contribution in [0.1, 0.15) is 46.6 Å². The number of esters is 1. The lowest BCUT2D eigenvalue weighted by molar-refractivity contribution is -0.129.